The second-order valence-electron chi connectivity index (χ2n) is 4.82. The van der Waals surface area contributed by atoms with E-state index in [-0.39, 0.29) is 12.6 Å². The Morgan fingerprint density at radius 1 is 1.30 bits per heavy atom. The molecule has 1 aromatic rings. The second-order valence-corrected chi connectivity index (χ2v) is 4.82. The Bertz CT molecular complexity index is 446. The molecule has 0 saturated carbocycles. The molecule has 6 heteroatoms. The molecule has 1 atom stereocenters. The zero-order chi connectivity index (χ0) is 15.2. The Kier molecular flexibility index (Phi) is 6.01. The van der Waals surface area contributed by atoms with Gasteiger partial charge in [0.1, 0.15) is 0 Å². The smallest absolute Gasteiger partial charge is 0.352 e. The van der Waals surface area contributed by atoms with Gasteiger partial charge >= 0.3 is 6.18 Å². The van der Waals surface area contributed by atoms with Gasteiger partial charge in [0.15, 0.2) is 0 Å². The van der Waals surface area contributed by atoms with E-state index in [4.69, 9.17) is 0 Å². The van der Waals surface area contributed by atoms with E-state index in [0.29, 0.717) is 6.42 Å². The van der Waals surface area contributed by atoms with Gasteiger partial charge in [0.2, 0.25) is 5.91 Å². The lowest BCUT2D eigenvalue weighted by atomic mass is 10.0. The minimum Gasteiger partial charge on any atom is -0.352 e. The van der Waals surface area contributed by atoms with Crippen molar-refractivity contribution in [2.24, 2.45) is 0 Å². The minimum absolute atomic E-state index is 0.128. The lowest BCUT2D eigenvalue weighted by molar-refractivity contribution is -0.128. The first-order valence-corrected chi connectivity index (χ1v) is 6.39. The van der Waals surface area contributed by atoms with Gasteiger partial charge in [-0.2, -0.15) is 13.2 Å². The number of alkyl halides is 3. The SMILES string of the molecule is Cc1ccccc1CC(C)NC(=O)CNCC(F)(F)F. The molecule has 0 aliphatic rings. The maximum absolute atomic E-state index is 11.9. The Labute approximate surface area is 116 Å². The maximum Gasteiger partial charge on any atom is 0.401 e. The topological polar surface area (TPSA) is 41.1 Å². The summed E-state index contributed by atoms with van der Waals surface area (Å²) in [5.41, 5.74) is 2.24. The molecule has 2 N–H and O–H groups in total. The van der Waals surface area contributed by atoms with Crippen LogP contribution in [0.5, 0.6) is 0 Å². The van der Waals surface area contributed by atoms with Crippen molar-refractivity contribution in [3.8, 4) is 0 Å². The molecule has 1 rings (SSSR count). The monoisotopic (exact) mass is 288 g/mol. The summed E-state index contributed by atoms with van der Waals surface area (Å²) >= 11 is 0. The molecule has 1 aromatic carbocycles. The van der Waals surface area contributed by atoms with Crippen molar-refractivity contribution in [3.05, 3.63) is 35.4 Å². The molecular formula is C14H19F3N2O. The van der Waals surface area contributed by atoms with E-state index >= 15 is 0 Å². The molecule has 0 aliphatic heterocycles. The zero-order valence-electron chi connectivity index (χ0n) is 11.6. The number of hydrogen-bond acceptors (Lipinski definition) is 2. The van der Waals surface area contributed by atoms with Gasteiger partial charge in [0, 0.05) is 6.04 Å². The summed E-state index contributed by atoms with van der Waals surface area (Å²) < 4.78 is 35.7. The third-order valence-corrected chi connectivity index (χ3v) is 2.81. The number of rotatable bonds is 6. The summed E-state index contributed by atoms with van der Waals surface area (Å²) in [7, 11) is 0. The van der Waals surface area contributed by atoms with E-state index in [1.54, 1.807) is 0 Å². The third kappa shape index (κ3) is 6.56. The first kappa shape index (κ1) is 16.5. The number of benzene rings is 1. The molecule has 112 valence electrons. The van der Waals surface area contributed by atoms with Crippen LogP contribution in [-0.4, -0.2) is 31.2 Å². The Balaban J connectivity index is 2.33. The Hall–Kier alpha value is -1.56. The number of carbonyl (C=O) groups excluding carboxylic acids is 1. The highest BCUT2D eigenvalue weighted by Gasteiger charge is 2.26. The van der Waals surface area contributed by atoms with Gasteiger partial charge in [-0.25, -0.2) is 0 Å². The largest absolute Gasteiger partial charge is 0.401 e. The van der Waals surface area contributed by atoms with Crippen LogP contribution in [-0.2, 0) is 11.2 Å². The van der Waals surface area contributed by atoms with Crippen LogP contribution < -0.4 is 10.6 Å². The molecule has 20 heavy (non-hydrogen) atoms. The summed E-state index contributed by atoms with van der Waals surface area (Å²) in [5.74, 6) is -0.435. The van der Waals surface area contributed by atoms with Crippen molar-refractivity contribution in [1.29, 1.82) is 0 Å². The first-order chi connectivity index (χ1) is 9.28. The van der Waals surface area contributed by atoms with Crippen molar-refractivity contribution in [2.45, 2.75) is 32.5 Å². The summed E-state index contributed by atoms with van der Waals surface area (Å²) in [6, 6.07) is 7.68. The van der Waals surface area contributed by atoms with Gasteiger partial charge in [-0.05, 0) is 31.4 Å². The van der Waals surface area contributed by atoms with Gasteiger partial charge in [0.05, 0.1) is 13.1 Å². The fraction of sp³-hybridized carbons (Fsp3) is 0.500. The summed E-state index contributed by atoms with van der Waals surface area (Å²) in [4.78, 5) is 11.5. The fourth-order valence-corrected chi connectivity index (χ4v) is 1.86. The summed E-state index contributed by atoms with van der Waals surface area (Å²) in [5, 5.41) is 4.74. The van der Waals surface area contributed by atoms with Crippen LogP contribution in [0.15, 0.2) is 24.3 Å². The van der Waals surface area contributed by atoms with Crippen molar-refractivity contribution in [3.63, 3.8) is 0 Å². The molecule has 0 spiro atoms. The molecule has 0 aliphatic carbocycles. The molecular weight excluding hydrogens is 269 g/mol. The minimum atomic E-state index is -4.30. The van der Waals surface area contributed by atoms with Crippen LogP contribution in [0.1, 0.15) is 18.1 Å². The van der Waals surface area contributed by atoms with Crippen LogP contribution in [0.4, 0.5) is 13.2 Å². The van der Waals surface area contributed by atoms with Gasteiger partial charge in [-0.3, -0.25) is 4.79 Å². The molecule has 0 bridgehead atoms. The fourth-order valence-electron chi connectivity index (χ4n) is 1.86. The highest BCUT2D eigenvalue weighted by atomic mass is 19.4. The van der Waals surface area contributed by atoms with Crippen molar-refractivity contribution >= 4 is 5.91 Å². The van der Waals surface area contributed by atoms with E-state index in [0.717, 1.165) is 11.1 Å². The van der Waals surface area contributed by atoms with E-state index in [9.17, 15) is 18.0 Å². The molecule has 3 nitrogen and oxygen atoms in total. The van der Waals surface area contributed by atoms with Crippen molar-refractivity contribution in [1.82, 2.24) is 10.6 Å². The Morgan fingerprint density at radius 3 is 2.55 bits per heavy atom. The van der Waals surface area contributed by atoms with Gasteiger partial charge in [-0.1, -0.05) is 24.3 Å². The van der Waals surface area contributed by atoms with Crippen LogP contribution in [0.2, 0.25) is 0 Å². The van der Waals surface area contributed by atoms with Gasteiger partial charge in [-0.15, -0.1) is 0 Å². The van der Waals surface area contributed by atoms with E-state index in [2.05, 4.69) is 10.6 Å². The normalized spacial score (nSPS) is 13.1. The number of hydrogen-bond donors (Lipinski definition) is 2. The van der Waals surface area contributed by atoms with Crippen molar-refractivity contribution in [2.75, 3.05) is 13.1 Å². The predicted molar refractivity (Wildman–Crippen MR) is 71.4 cm³/mol. The number of carbonyl (C=O) groups is 1. The molecule has 1 amide bonds. The molecule has 0 radical (unpaired) electrons. The van der Waals surface area contributed by atoms with E-state index in [1.807, 2.05) is 38.1 Å². The number of halogens is 3. The Morgan fingerprint density at radius 2 is 1.95 bits per heavy atom. The molecule has 0 heterocycles. The third-order valence-electron chi connectivity index (χ3n) is 2.81. The molecule has 0 saturated heterocycles. The highest BCUT2D eigenvalue weighted by molar-refractivity contribution is 5.78. The number of amides is 1. The molecule has 0 aromatic heterocycles. The summed E-state index contributed by atoms with van der Waals surface area (Å²) in [6.45, 7) is 2.31. The predicted octanol–water partition coefficient (Wildman–Crippen LogP) is 2.19. The first-order valence-electron chi connectivity index (χ1n) is 6.39. The van der Waals surface area contributed by atoms with Crippen LogP contribution in [0, 0.1) is 6.92 Å². The average molecular weight is 288 g/mol. The van der Waals surface area contributed by atoms with Crippen molar-refractivity contribution < 1.29 is 18.0 Å². The van der Waals surface area contributed by atoms with Gasteiger partial charge < -0.3 is 10.6 Å². The lowest BCUT2D eigenvalue weighted by Crippen LogP contribution is -2.42. The quantitative estimate of drug-likeness (QED) is 0.842. The zero-order valence-corrected chi connectivity index (χ0v) is 11.6. The highest BCUT2D eigenvalue weighted by Crippen LogP contribution is 2.12. The van der Waals surface area contributed by atoms with Crippen LogP contribution in [0.25, 0.3) is 0 Å². The second kappa shape index (κ2) is 7.28. The van der Waals surface area contributed by atoms with E-state index < -0.39 is 18.6 Å². The summed E-state index contributed by atoms with van der Waals surface area (Å²) in [6.07, 6.45) is -3.65. The lowest BCUT2D eigenvalue weighted by Gasteiger charge is -2.16. The van der Waals surface area contributed by atoms with Crippen LogP contribution >= 0.6 is 0 Å². The maximum atomic E-state index is 11.9. The van der Waals surface area contributed by atoms with E-state index in [1.165, 1.54) is 0 Å². The van der Waals surface area contributed by atoms with Crippen LogP contribution in [0.3, 0.4) is 0 Å². The molecule has 0 fully saturated rings. The number of aryl methyl sites for hydroxylation is 1. The van der Waals surface area contributed by atoms with Gasteiger partial charge in [0.25, 0.3) is 0 Å². The molecule has 1 unspecified atom stereocenters. The average Bonchev–Trinajstić information content (AvgIpc) is 2.30. The number of nitrogens with one attached hydrogen (secondary N) is 2. The standard InChI is InChI=1S/C14H19F3N2O/c1-10-5-3-4-6-12(10)7-11(2)19-13(20)8-18-9-14(15,16)17/h3-6,11,18H,7-9H2,1-2H3,(H,19,20).